The minimum Gasteiger partial charge on any atom is -0.337 e. The van der Waals surface area contributed by atoms with Crippen molar-refractivity contribution < 1.29 is 0 Å². The molecule has 4 rings (SSSR count). The van der Waals surface area contributed by atoms with Crippen LogP contribution in [0.4, 0.5) is 0 Å². The lowest BCUT2D eigenvalue weighted by Crippen LogP contribution is -2.24. The van der Waals surface area contributed by atoms with Gasteiger partial charge in [-0.15, -0.1) is 0 Å². The summed E-state index contributed by atoms with van der Waals surface area (Å²) in [6.07, 6.45) is 7.77. The van der Waals surface area contributed by atoms with Gasteiger partial charge in [0.1, 0.15) is 5.65 Å². The maximum Gasteiger partial charge on any atom is 0.260 e. The molecule has 0 aliphatic carbocycles. The highest BCUT2D eigenvalue weighted by Crippen LogP contribution is 2.16. The number of nitrogens with zero attached hydrogens (tertiary/aromatic N) is 4. The van der Waals surface area contributed by atoms with E-state index in [-0.39, 0.29) is 5.56 Å². The van der Waals surface area contributed by atoms with Crippen LogP contribution in [0.1, 0.15) is 5.56 Å². The van der Waals surface area contributed by atoms with Gasteiger partial charge in [0.25, 0.3) is 5.56 Å². The highest BCUT2D eigenvalue weighted by molar-refractivity contribution is 5.77. The van der Waals surface area contributed by atoms with Crippen LogP contribution < -0.4 is 5.56 Å². The topological polar surface area (TPSA) is 52.7 Å². The Labute approximate surface area is 138 Å². The highest BCUT2D eigenvalue weighted by atomic mass is 16.1. The predicted molar refractivity (Wildman–Crippen MR) is 93.3 cm³/mol. The Morgan fingerprint density at radius 2 is 1.88 bits per heavy atom. The van der Waals surface area contributed by atoms with Crippen LogP contribution in [0.15, 0.2) is 78.2 Å². The fraction of sp³-hybridized carbons (Fsp3) is 0.105. The van der Waals surface area contributed by atoms with Crippen LogP contribution in [-0.2, 0) is 13.0 Å². The molecule has 0 fully saturated rings. The summed E-state index contributed by atoms with van der Waals surface area (Å²) in [6, 6.07) is 15.5. The molecule has 0 saturated carbocycles. The van der Waals surface area contributed by atoms with E-state index in [0.29, 0.717) is 12.1 Å². The largest absolute Gasteiger partial charge is 0.337 e. The van der Waals surface area contributed by atoms with Crippen molar-refractivity contribution >= 4 is 11.0 Å². The summed E-state index contributed by atoms with van der Waals surface area (Å²) in [5.41, 5.74) is 2.26. The molecular weight excluding hydrogens is 300 g/mol. The van der Waals surface area contributed by atoms with Gasteiger partial charge < -0.3 is 4.57 Å². The minimum absolute atomic E-state index is 0.0208. The molecule has 0 bridgehead atoms. The van der Waals surface area contributed by atoms with E-state index >= 15 is 0 Å². The van der Waals surface area contributed by atoms with Crippen molar-refractivity contribution in [3.63, 3.8) is 0 Å². The number of aromatic nitrogens is 4. The van der Waals surface area contributed by atoms with Crippen LogP contribution in [-0.4, -0.2) is 19.1 Å². The third-order valence-electron chi connectivity index (χ3n) is 4.05. The van der Waals surface area contributed by atoms with E-state index in [2.05, 4.69) is 9.97 Å². The second-order valence-corrected chi connectivity index (χ2v) is 5.61. The molecule has 0 aliphatic heterocycles. The van der Waals surface area contributed by atoms with Gasteiger partial charge in [-0.3, -0.25) is 9.36 Å². The van der Waals surface area contributed by atoms with Crippen molar-refractivity contribution in [3.05, 3.63) is 89.4 Å². The fourth-order valence-electron chi connectivity index (χ4n) is 2.86. The number of imidazole rings is 1. The van der Waals surface area contributed by atoms with Crippen molar-refractivity contribution in [1.82, 2.24) is 19.1 Å². The van der Waals surface area contributed by atoms with Gasteiger partial charge in [0, 0.05) is 36.1 Å². The first kappa shape index (κ1) is 14.4. The van der Waals surface area contributed by atoms with Crippen LogP contribution in [0.2, 0.25) is 0 Å². The maximum absolute atomic E-state index is 13.0. The summed E-state index contributed by atoms with van der Waals surface area (Å²) in [6.45, 7) is 0.718. The quantitative estimate of drug-likeness (QED) is 0.582. The molecule has 24 heavy (non-hydrogen) atoms. The lowest BCUT2D eigenvalue weighted by atomic mass is 10.1. The SMILES string of the molecule is O=c1c(CCn2ccnc2)cc2cccnc2n1-c1ccccc1. The zero-order chi connectivity index (χ0) is 16.4. The second-order valence-electron chi connectivity index (χ2n) is 5.61. The number of aryl methyl sites for hydroxylation is 2. The Morgan fingerprint density at radius 3 is 2.67 bits per heavy atom. The lowest BCUT2D eigenvalue weighted by molar-refractivity contribution is 0.689. The number of para-hydroxylation sites is 1. The number of benzene rings is 1. The van der Waals surface area contributed by atoms with Gasteiger partial charge >= 0.3 is 0 Å². The average Bonchev–Trinajstić information content (AvgIpc) is 3.14. The van der Waals surface area contributed by atoms with E-state index in [1.165, 1.54) is 0 Å². The molecule has 0 atom stereocenters. The lowest BCUT2D eigenvalue weighted by Gasteiger charge is -2.12. The van der Waals surface area contributed by atoms with Crippen molar-refractivity contribution in [1.29, 1.82) is 0 Å². The fourth-order valence-corrected chi connectivity index (χ4v) is 2.86. The molecule has 1 aromatic carbocycles. The Kier molecular flexibility index (Phi) is 3.67. The molecule has 5 nitrogen and oxygen atoms in total. The average molecular weight is 316 g/mol. The van der Waals surface area contributed by atoms with E-state index in [0.717, 1.165) is 23.2 Å². The zero-order valence-corrected chi connectivity index (χ0v) is 13.0. The van der Waals surface area contributed by atoms with Crippen molar-refractivity contribution in [2.24, 2.45) is 0 Å². The summed E-state index contributed by atoms with van der Waals surface area (Å²) >= 11 is 0. The van der Waals surface area contributed by atoms with Gasteiger partial charge in [0.2, 0.25) is 0 Å². The van der Waals surface area contributed by atoms with Crippen LogP contribution in [0.3, 0.4) is 0 Å². The smallest absolute Gasteiger partial charge is 0.260 e. The van der Waals surface area contributed by atoms with Gasteiger partial charge in [0.05, 0.1) is 12.0 Å². The van der Waals surface area contributed by atoms with E-state index in [9.17, 15) is 4.79 Å². The highest BCUT2D eigenvalue weighted by Gasteiger charge is 2.11. The van der Waals surface area contributed by atoms with Crippen LogP contribution in [0, 0.1) is 0 Å². The predicted octanol–water partition coefficient (Wildman–Crippen LogP) is 2.82. The first-order chi connectivity index (χ1) is 11.8. The van der Waals surface area contributed by atoms with Crippen molar-refractivity contribution in [3.8, 4) is 5.69 Å². The van der Waals surface area contributed by atoms with Gasteiger partial charge in [-0.05, 0) is 36.8 Å². The van der Waals surface area contributed by atoms with E-state index in [1.54, 1.807) is 23.3 Å². The molecule has 0 spiro atoms. The summed E-state index contributed by atoms with van der Waals surface area (Å²) in [5, 5.41) is 0.960. The van der Waals surface area contributed by atoms with Gasteiger partial charge in [0.15, 0.2) is 0 Å². The van der Waals surface area contributed by atoms with Crippen molar-refractivity contribution in [2.45, 2.75) is 13.0 Å². The van der Waals surface area contributed by atoms with E-state index < -0.39 is 0 Å². The first-order valence-electron chi connectivity index (χ1n) is 7.84. The zero-order valence-electron chi connectivity index (χ0n) is 13.0. The van der Waals surface area contributed by atoms with Crippen LogP contribution >= 0.6 is 0 Å². The Hall–Kier alpha value is -3.21. The molecule has 0 saturated heterocycles. The monoisotopic (exact) mass is 316 g/mol. The Morgan fingerprint density at radius 1 is 1.00 bits per heavy atom. The molecule has 0 amide bonds. The Bertz CT molecular complexity index is 1020. The van der Waals surface area contributed by atoms with Gasteiger partial charge in [-0.1, -0.05) is 18.2 Å². The number of hydrogen-bond acceptors (Lipinski definition) is 3. The molecular formula is C19H16N4O. The number of pyridine rings is 2. The summed E-state index contributed by atoms with van der Waals surface area (Å²) in [5.74, 6) is 0. The Balaban J connectivity index is 1.86. The van der Waals surface area contributed by atoms with Crippen LogP contribution in [0.5, 0.6) is 0 Å². The van der Waals surface area contributed by atoms with E-state index in [4.69, 9.17) is 0 Å². The molecule has 0 N–H and O–H groups in total. The maximum atomic E-state index is 13.0. The summed E-state index contributed by atoms with van der Waals surface area (Å²) in [4.78, 5) is 21.5. The first-order valence-corrected chi connectivity index (χ1v) is 7.84. The van der Waals surface area contributed by atoms with E-state index in [1.807, 2.05) is 59.3 Å². The molecule has 5 heteroatoms. The molecule has 3 aromatic heterocycles. The number of fused-ring (bicyclic) bond motifs is 1. The third-order valence-corrected chi connectivity index (χ3v) is 4.05. The third kappa shape index (κ3) is 2.60. The molecule has 0 radical (unpaired) electrons. The number of hydrogen-bond donors (Lipinski definition) is 0. The van der Waals surface area contributed by atoms with Crippen LogP contribution in [0.25, 0.3) is 16.7 Å². The minimum atomic E-state index is -0.0208. The molecule has 3 heterocycles. The standard InChI is InChI=1S/C19H16N4O/c24-19-16(8-11-22-12-10-20-14-22)13-15-5-4-9-21-18(15)23(19)17-6-2-1-3-7-17/h1-7,9-10,12-14H,8,11H2. The second kappa shape index (κ2) is 6.12. The molecule has 4 aromatic rings. The number of rotatable bonds is 4. The molecule has 0 aliphatic rings. The molecule has 0 unspecified atom stereocenters. The van der Waals surface area contributed by atoms with Crippen molar-refractivity contribution in [2.75, 3.05) is 0 Å². The summed E-state index contributed by atoms with van der Waals surface area (Å²) < 4.78 is 3.66. The molecule has 118 valence electrons. The summed E-state index contributed by atoms with van der Waals surface area (Å²) in [7, 11) is 0. The van der Waals surface area contributed by atoms with Gasteiger partial charge in [-0.25, -0.2) is 9.97 Å². The van der Waals surface area contributed by atoms with Gasteiger partial charge in [-0.2, -0.15) is 0 Å². The normalized spacial score (nSPS) is 11.0.